The van der Waals surface area contributed by atoms with E-state index in [1.807, 2.05) is 0 Å². The number of aldehydes is 1. The van der Waals surface area contributed by atoms with Gasteiger partial charge in [-0.3, -0.25) is 14.9 Å². The fraction of sp³-hybridized carbons (Fsp3) is 0.273. The van der Waals surface area contributed by atoms with E-state index in [1.54, 1.807) is 6.92 Å². The molecule has 1 aromatic carbocycles. The highest BCUT2D eigenvalue weighted by atomic mass is 16.6. The maximum absolute atomic E-state index is 11.5. The normalized spacial score (nSPS) is 9.76. The standard InChI is InChI=1S/C11H11NO5/c1-3-17-11(14)9-5-8(6-13)4-7(2)10(9)12(15)16/h4-6H,3H2,1-2H3. The minimum absolute atomic E-state index is 0.111. The molecular formula is C11H11NO5. The van der Waals surface area contributed by atoms with Crippen LogP contribution in [0, 0.1) is 17.0 Å². The predicted octanol–water partition coefficient (Wildman–Crippen LogP) is 1.89. The van der Waals surface area contributed by atoms with Crippen LogP contribution in [-0.4, -0.2) is 23.8 Å². The van der Waals surface area contributed by atoms with Gasteiger partial charge < -0.3 is 4.74 Å². The molecule has 1 rings (SSSR count). The molecule has 0 fully saturated rings. The van der Waals surface area contributed by atoms with E-state index in [4.69, 9.17) is 4.74 Å². The van der Waals surface area contributed by atoms with Crippen LogP contribution in [0.3, 0.4) is 0 Å². The predicted molar refractivity (Wildman–Crippen MR) is 59.2 cm³/mol. The molecule has 6 heteroatoms. The molecule has 0 aliphatic rings. The minimum atomic E-state index is -0.800. The first-order chi connectivity index (χ1) is 8.01. The number of hydrogen-bond donors (Lipinski definition) is 0. The van der Waals surface area contributed by atoms with Crippen molar-refractivity contribution in [1.29, 1.82) is 0 Å². The van der Waals surface area contributed by atoms with E-state index < -0.39 is 10.9 Å². The van der Waals surface area contributed by atoms with Gasteiger partial charge in [-0.1, -0.05) is 0 Å². The number of rotatable bonds is 4. The number of nitro benzene ring substituents is 1. The summed E-state index contributed by atoms with van der Waals surface area (Å²) in [5, 5.41) is 10.9. The van der Waals surface area contributed by atoms with Crippen LogP contribution in [0.4, 0.5) is 5.69 Å². The summed E-state index contributed by atoms with van der Waals surface area (Å²) >= 11 is 0. The van der Waals surface area contributed by atoms with Gasteiger partial charge >= 0.3 is 5.97 Å². The van der Waals surface area contributed by atoms with Gasteiger partial charge in [0.25, 0.3) is 5.69 Å². The largest absolute Gasteiger partial charge is 0.462 e. The first kappa shape index (κ1) is 12.8. The molecular weight excluding hydrogens is 226 g/mol. The van der Waals surface area contributed by atoms with E-state index in [0.29, 0.717) is 6.29 Å². The van der Waals surface area contributed by atoms with Gasteiger partial charge in [-0.2, -0.15) is 0 Å². The number of aryl methyl sites for hydroxylation is 1. The van der Waals surface area contributed by atoms with E-state index >= 15 is 0 Å². The smallest absolute Gasteiger partial charge is 0.345 e. The number of carbonyl (C=O) groups is 2. The van der Waals surface area contributed by atoms with Gasteiger partial charge in [0.2, 0.25) is 0 Å². The van der Waals surface area contributed by atoms with Crippen LogP contribution in [0.25, 0.3) is 0 Å². The highest BCUT2D eigenvalue weighted by Crippen LogP contribution is 2.25. The first-order valence-electron chi connectivity index (χ1n) is 4.92. The molecule has 0 aliphatic carbocycles. The van der Waals surface area contributed by atoms with Crippen molar-refractivity contribution in [3.8, 4) is 0 Å². The number of nitro groups is 1. The molecule has 0 spiro atoms. The average molecular weight is 237 g/mol. The Morgan fingerprint density at radius 1 is 1.53 bits per heavy atom. The fourth-order valence-corrected chi connectivity index (χ4v) is 1.48. The Morgan fingerprint density at radius 2 is 2.18 bits per heavy atom. The van der Waals surface area contributed by atoms with Crippen molar-refractivity contribution in [3.63, 3.8) is 0 Å². The van der Waals surface area contributed by atoms with E-state index in [9.17, 15) is 19.7 Å². The molecule has 0 saturated heterocycles. The molecule has 0 heterocycles. The van der Waals surface area contributed by atoms with Crippen molar-refractivity contribution in [2.45, 2.75) is 13.8 Å². The summed E-state index contributed by atoms with van der Waals surface area (Å²) in [7, 11) is 0. The monoisotopic (exact) mass is 237 g/mol. The number of esters is 1. The van der Waals surface area contributed by atoms with Crippen LogP contribution < -0.4 is 0 Å². The van der Waals surface area contributed by atoms with Gasteiger partial charge in [0.1, 0.15) is 11.8 Å². The molecule has 0 amide bonds. The zero-order chi connectivity index (χ0) is 13.0. The van der Waals surface area contributed by atoms with E-state index in [0.717, 1.165) is 6.07 Å². The van der Waals surface area contributed by atoms with Crippen molar-refractivity contribution in [3.05, 3.63) is 38.9 Å². The number of ether oxygens (including phenoxy) is 1. The Morgan fingerprint density at radius 3 is 2.65 bits per heavy atom. The van der Waals surface area contributed by atoms with E-state index in [-0.39, 0.29) is 29.0 Å². The Kier molecular flexibility index (Phi) is 3.92. The lowest BCUT2D eigenvalue weighted by molar-refractivity contribution is -0.385. The summed E-state index contributed by atoms with van der Waals surface area (Å²) in [5.74, 6) is -0.800. The molecule has 0 saturated carbocycles. The summed E-state index contributed by atoms with van der Waals surface area (Å²) < 4.78 is 4.71. The molecule has 1 aromatic rings. The number of hydrogen-bond acceptors (Lipinski definition) is 5. The lowest BCUT2D eigenvalue weighted by atomic mass is 10.0. The molecule has 0 aliphatic heterocycles. The molecule has 17 heavy (non-hydrogen) atoms. The van der Waals surface area contributed by atoms with Crippen molar-refractivity contribution in [1.82, 2.24) is 0 Å². The first-order valence-corrected chi connectivity index (χ1v) is 4.92. The molecule has 0 aromatic heterocycles. The lowest BCUT2D eigenvalue weighted by Crippen LogP contribution is -2.10. The summed E-state index contributed by atoms with van der Waals surface area (Å²) in [4.78, 5) is 32.4. The Labute approximate surface area is 97.3 Å². The zero-order valence-corrected chi connectivity index (χ0v) is 9.43. The quantitative estimate of drug-likeness (QED) is 0.345. The van der Waals surface area contributed by atoms with Crippen LogP contribution in [0.15, 0.2) is 12.1 Å². The second-order valence-electron chi connectivity index (χ2n) is 3.33. The van der Waals surface area contributed by atoms with E-state index in [1.165, 1.54) is 13.0 Å². The van der Waals surface area contributed by atoms with Crippen LogP contribution in [0.1, 0.15) is 33.2 Å². The minimum Gasteiger partial charge on any atom is -0.462 e. The van der Waals surface area contributed by atoms with Crippen molar-refractivity contribution in [2.24, 2.45) is 0 Å². The molecule has 90 valence electrons. The number of nitrogens with zero attached hydrogens (tertiary/aromatic N) is 1. The molecule has 0 bridgehead atoms. The average Bonchev–Trinajstić information content (AvgIpc) is 2.27. The third kappa shape index (κ3) is 2.66. The maximum atomic E-state index is 11.5. The summed E-state index contributed by atoms with van der Waals surface area (Å²) in [5.41, 5.74) is -0.0631. The zero-order valence-electron chi connectivity index (χ0n) is 9.43. The lowest BCUT2D eigenvalue weighted by Gasteiger charge is -2.06. The van der Waals surface area contributed by atoms with Crippen molar-refractivity contribution in [2.75, 3.05) is 6.61 Å². The second-order valence-corrected chi connectivity index (χ2v) is 3.33. The van der Waals surface area contributed by atoms with Gasteiger partial charge in [0.05, 0.1) is 11.5 Å². The van der Waals surface area contributed by atoms with Crippen molar-refractivity contribution >= 4 is 17.9 Å². The topological polar surface area (TPSA) is 86.5 Å². The van der Waals surface area contributed by atoms with Gasteiger partial charge in [0, 0.05) is 11.1 Å². The Bertz CT molecular complexity index is 481. The molecule has 0 radical (unpaired) electrons. The molecule has 0 N–H and O–H groups in total. The number of benzene rings is 1. The summed E-state index contributed by atoms with van der Waals surface area (Å²) in [6.45, 7) is 3.17. The van der Waals surface area contributed by atoms with Gasteiger partial charge in [-0.15, -0.1) is 0 Å². The summed E-state index contributed by atoms with van der Waals surface area (Å²) in [6.07, 6.45) is 0.527. The van der Waals surface area contributed by atoms with Gasteiger partial charge in [0.15, 0.2) is 0 Å². The third-order valence-electron chi connectivity index (χ3n) is 2.14. The fourth-order valence-electron chi connectivity index (χ4n) is 1.48. The second kappa shape index (κ2) is 5.20. The Balaban J connectivity index is 3.42. The highest BCUT2D eigenvalue weighted by molar-refractivity contribution is 5.96. The molecule has 0 unspecified atom stereocenters. The van der Waals surface area contributed by atoms with Crippen LogP contribution in [-0.2, 0) is 4.74 Å². The molecule has 0 atom stereocenters. The van der Waals surface area contributed by atoms with Gasteiger partial charge in [-0.25, -0.2) is 4.79 Å². The third-order valence-corrected chi connectivity index (χ3v) is 2.14. The molecule has 6 nitrogen and oxygen atoms in total. The SMILES string of the molecule is CCOC(=O)c1cc(C=O)cc(C)c1[N+](=O)[O-]. The van der Waals surface area contributed by atoms with Crippen LogP contribution in [0.2, 0.25) is 0 Å². The number of carbonyl (C=O) groups excluding carboxylic acids is 2. The highest BCUT2D eigenvalue weighted by Gasteiger charge is 2.24. The maximum Gasteiger partial charge on any atom is 0.345 e. The van der Waals surface area contributed by atoms with Crippen LogP contribution in [0.5, 0.6) is 0 Å². The summed E-state index contributed by atoms with van der Waals surface area (Å²) in [6, 6.07) is 2.52. The van der Waals surface area contributed by atoms with E-state index in [2.05, 4.69) is 0 Å². The van der Waals surface area contributed by atoms with Gasteiger partial charge in [-0.05, 0) is 26.0 Å². The van der Waals surface area contributed by atoms with Crippen LogP contribution >= 0.6 is 0 Å². The Hall–Kier alpha value is -2.24. The van der Waals surface area contributed by atoms with Crippen molar-refractivity contribution < 1.29 is 19.2 Å².